The highest BCUT2D eigenvalue weighted by Crippen LogP contribution is 2.66. The second kappa shape index (κ2) is 6.45. The van der Waals surface area contributed by atoms with Crippen LogP contribution >= 0.6 is 31.9 Å². The first-order valence-electron chi connectivity index (χ1n) is 9.87. The third-order valence-electron chi connectivity index (χ3n) is 7.46. The maximum absolute atomic E-state index is 9.52. The smallest absolute Gasteiger partial charge is 0.100 e. The summed E-state index contributed by atoms with van der Waals surface area (Å²) in [5.74, 6) is 1.48. The molecule has 4 saturated carbocycles. The lowest BCUT2D eigenvalue weighted by atomic mass is 9.41. The van der Waals surface area contributed by atoms with Gasteiger partial charge in [-0.2, -0.15) is 10.5 Å². The summed E-state index contributed by atoms with van der Waals surface area (Å²) in [5, 5.41) is 19.0. The number of hydrogen-bond acceptors (Lipinski definition) is 2. The van der Waals surface area contributed by atoms with Crippen molar-refractivity contribution in [1.82, 2.24) is 0 Å². The molecule has 140 valence electrons. The van der Waals surface area contributed by atoms with E-state index in [0.29, 0.717) is 0 Å². The van der Waals surface area contributed by atoms with Gasteiger partial charge in [-0.25, -0.2) is 0 Å². The first-order chi connectivity index (χ1) is 13.5. The summed E-state index contributed by atoms with van der Waals surface area (Å²) in [4.78, 5) is 0. The SMILES string of the molecule is N#Cc1cc(C23CC4CC(C2)CC(c2ccc(Br)c(C#N)c2)(C4)C3)ccc1Br. The molecule has 0 atom stereocenters. The van der Waals surface area contributed by atoms with Gasteiger partial charge in [-0.05, 0) is 128 Å². The maximum Gasteiger partial charge on any atom is 0.100 e. The highest BCUT2D eigenvalue weighted by atomic mass is 79.9. The van der Waals surface area contributed by atoms with Crippen LogP contribution in [0.3, 0.4) is 0 Å². The van der Waals surface area contributed by atoms with Gasteiger partial charge in [0.25, 0.3) is 0 Å². The van der Waals surface area contributed by atoms with Gasteiger partial charge in [-0.15, -0.1) is 0 Å². The number of rotatable bonds is 2. The van der Waals surface area contributed by atoms with Gasteiger partial charge in [-0.1, -0.05) is 12.1 Å². The van der Waals surface area contributed by atoms with Crippen LogP contribution in [0, 0.1) is 34.5 Å². The molecule has 2 aromatic rings. The summed E-state index contributed by atoms with van der Waals surface area (Å²) in [7, 11) is 0. The lowest BCUT2D eigenvalue weighted by molar-refractivity contribution is -0.0281. The van der Waals surface area contributed by atoms with E-state index in [0.717, 1.165) is 38.3 Å². The van der Waals surface area contributed by atoms with E-state index in [4.69, 9.17) is 0 Å². The van der Waals surface area contributed by atoms with E-state index >= 15 is 0 Å². The molecule has 0 radical (unpaired) electrons. The zero-order valence-corrected chi connectivity index (χ0v) is 18.7. The second-order valence-corrected chi connectivity index (χ2v) is 10.8. The van der Waals surface area contributed by atoms with Crippen molar-refractivity contribution >= 4 is 31.9 Å². The summed E-state index contributed by atoms with van der Waals surface area (Å²) >= 11 is 7.03. The van der Waals surface area contributed by atoms with Crippen LogP contribution in [0.15, 0.2) is 45.3 Å². The number of nitriles is 2. The molecule has 0 heterocycles. The minimum atomic E-state index is 0.163. The summed E-state index contributed by atoms with van der Waals surface area (Å²) in [6.07, 6.45) is 7.41. The molecule has 2 aromatic carbocycles. The Kier molecular flexibility index (Phi) is 4.24. The van der Waals surface area contributed by atoms with E-state index in [1.165, 1.54) is 43.2 Å². The average molecular weight is 496 g/mol. The standard InChI is InChI=1S/C24H20Br2N2/c25-21-3-1-19(6-17(21)12-27)23-8-15-5-16(9-23)11-24(10-15,14-23)20-2-4-22(26)18(7-20)13-28/h1-4,6-7,15-16H,5,8-11,14H2. The Morgan fingerprint density at radius 3 is 1.57 bits per heavy atom. The molecule has 0 saturated heterocycles. The molecule has 0 aliphatic heterocycles. The molecule has 0 unspecified atom stereocenters. The van der Waals surface area contributed by atoms with Crippen molar-refractivity contribution in [1.29, 1.82) is 10.5 Å². The first kappa shape index (κ1) is 18.4. The molecule has 0 spiro atoms. The predicted molar refractivity (Wildman–Crippen MR) is 116 cm³/mol. The van der Waals surface area contributed by atoms with E-state index in [1.807, 2.05) is 12.1 Å². The maximum atomic E-state index is 9.52. The third-order valence-corrected chi connectivity index (χ3v) is 8.84. The van der Waals surface area contributed by atoms with E-state index < -0.39 is 0 Å². The van der Waals surface area contributed by atoms with Crippen LogP contribution < -0.4 is 0 Å². The summed E-state index contributed by atoms with van der Waals surface area (Å²) in [5.41, 5.74) is 4.47. The molecule has 28 heavy (non-hydrogen) atoms. The van der Waals surface area contributed by atoms with Crippen LogP contribution in [0.5, 0.6) is 0 Å². The topological polar surface area (TPSA) is 47.6 Å². The van der Waals surface area contributed by atoms with Crippen molar-refractivity contribution in [3.63, 3.8) is 0 Å². The van der Waals surface area contributed by atoms with Crippen molar-refractivity contribution in [2.45, 2.75) is 49.4 Å². The number of hydrogen-bond donors (Lipinski definition) is 0. The Morgan fingerprint density at radius 1 is 0.750 bits per heavy atom. The Balaban J connectivity index is 1.62. The average Bonchev–Trinajstić information content (AvgIpc) is 2.67. The number of nitrogens with zero attached hydrogens (tertiary/aromatic N) is 2. The number of benzene rings is 2. The summed E-state index contributed by atoms with van der Waals surface area (Å²) in [6.45, 7) is 0. The Morgan fingerprint density at radius 2 is 1.18 bits per heavy atom. The lowest BCUT2D eigenvalue weighted by Crippen LogP contribution is -2.56. The highest BCUT2D eigenvalue weighted by molar-refractivity contribution is 9.10. The lowest BCUT2D eigenvalue weighted by Gasteiger charge is -2.63. The van der Waals surface area contributed by atoms with Gasteiger partial charge >= 0.3 is 0 Å². The van der Waals surface area contributed by atoms with Crippen molar-refractivity contribution < 1.29 is 0 Å². The van der Waals surface area contributed by atoms with E-state index in [9.17, 15) is 10.5 Å². The zero-order valence-electron chi connectivity index (χ0n) is 15.5. The second-order valence-electron chi connectivity index (χ2n) is 9.13. The molecule has 0 aromatic heterocycles. The quantitative estimate of drug-likeness (QED) is 0.462. The largest absolute Gasteiger partial charge is 0.192 e. The molecule has 6 rings (SSSR count). The van der Waals surface area contributed by atoms with Crippen LogP contribution in [-0.2, 0) is 10.8 Å². The van der Waals surface area contributed by atoms with Crippen molar-refractivity contribution in [2.24, 2.45) is 11.8 Å². The van der Waals surface area contributed by atoms with Gasteiger partial charge in [0, 0.05) is 8.95 Å². The van der Waals surface area contributed by atoms with Crippen molar-refractivity contribution in [3.8, 4) is 12.1 Å². The van der Waals surface area contributed by atoms with Crippen LogP contribution in [0.2, 0.25) is 0 Å². The van der Waals surface area contributed by atoms with Gasteiger partial charge in [0.15, 0.2) is 0 Å². The fraction of sp³-hybridized carbons (Fsp3) is 0.417. The van der Waals surface area contributed by atoms with Crippen LogP contribution in [0.1, 0.15) is 60.8 Å². The van der Waals surface area contributed by atoms with Gasteiger partial charge in [0.2, 0.25) is 0 Å². The monoisotopic (exact) mass is 494 g/mol. The Hall–Kier alpha value is -1.62. The Labute approximate surface area is 182 Å². The van der Waals surface area contributed by atoms with Crippen LogP contribution in [-0.4, -0.2) is 0 Å². The van der Waals surface area contributed by atoms with Gasteiger partial charge in [0.1, 0.15) is 12.1 Å². The molecule has 0 N–H and O–H groups in total. The molecule has 4 aliphatic carbocycles. The number of halogens is 2. The van der Waals surface area contributed by atoms with Gasteiger partial charge in [-0.3, -0.25) is 0 Å². The fourth-order valence-corrected chi connectivity index (χ4v) is 7.49. The highest BCUT2D eigenvalue weighted by Gasteiger charge is 2.58. The minimum absolute atomic E-state index is 0.163. The molecule has 4 aliphatic rings. The fourth-order valence-electron chi connectivity index (χ4n) is 6.82. The molecule has 4 fully saturated rings. The normalized spacial score (nSPS) is 32.7. The summed E-state index contributed by atoms with van der Waals surface area (Å²) in [6, 6.07) is 17.5. The first-order valence-corrected chi connectivity index (χ1v) is 11.5. The van der Waals surface area contributed by atoms with E-state index in [-0.39, 0.29) is 10.8 Å². The summed E-state index contributed by atoms with van der Waals surface area (Å²) < 4.78 is 1.76. The molecular formula is C24H20Br2N2. The van der Waals surface area contributed by atoms with Crippen molar-refractivity contribution in [2.75, 3.05) is 0 Å². The van der Waals surface area contributed by atoms with Crippen LogP contribution in [0.25, 0.3) is 0 Å². The van der Waals surface area contributed by atoms with Gasteiger partial charge < -0.3 is 0 Å². The zero-order chi connectivity index (χ0) is 19.5. The van der Waals surface area contributed by atoms with E-state index in [1.54, 1.807) is 0 Å². The molecule has 2 nitrogen and oxygen atoms in total. The van der Waals surface area contributed by atoms with E-state index in [2.05, 4.69) is 68.3 Å². The van der Waals surface area contributed by atoms with Crippen LogP contribution in [0.4, 0.5) is 0 Å². The molecular weight excluding hydrogens is 476 g/mol. The van der Waals surface area contributed by atoms with Crippen molar-refractivity contribution in [3.05, 3.63) is 67.6 Å². The third kappa shape index (κ3) is 2.69. The minimum Gasteiger partial charge on any atom is -0.192 e. The molecule has 4 heteroatoms. The Bertz CT molecular complexity index is 964. The van der Waals surface area contributed by atoms with Gasteiger partial charge in [0.05, 0.1) is 11.1 Å². The predicted octanol–water partition coefficient (Wildman–Crippen LogP) is 6.74. The molecule has 0 amide bonds. The molecule has 4 bridgehead atoms.